The average Bonchev–Trinajstić information content (AvgIpc) is 3.12. The van der Waals surface area contributed by atoms with E-state index in [2.05, 4.69) is 11.4 Å². The molecule has 0 spiro atoms. The molecule has 2 aromatic carbocycles. The van der Waals surface area contributed by atoms with Gasteiger partial charge in [-0.3, -0.25) is 0 Å². The molecule has 0 bridgehead atoms. The summed E-state index contributed by atoms with van der Waals surface area (Å²) >= 11 is 0. The maximum atomic E-state index is 10.6. The van der Waals surface area contributed by atoms with E-state index in [1.54, 1.807) is 0 Å². The first kappa shape index (κ1) is 11.6. The van der Waals surface area contributed by atoms with E-state index in [1.807, 2.05) is 42.5 Å². The Balaban J connectivity index is 1.80. The molecule has 4 rings (SSSR count). The molecule has 0 fully saturated rings. The number of hydrogen-bond acceptors (Lipinski definition) is 3. The summed E-state index contributed by atoms with van der Waals surface area (Å²) in [7, 11) is 0. The van der Waals surface area contributed by atoms with Gasteiger partial charge in [-0.15, -0.1) is 0 Å². The molecule has 1 aromatic heterocycles. The van der Waals surface area contributed by atoms with Crippen molar-refractivity contribution in [2.24, 2.45) is 0 Å². The predicted octanol–water partition coefficient (Wildman–Crippen LogP) is 3.48. The minimum absolute atomic E-state index is 0.591. The van der Waals surface area contributed by atoms with Crippen molar-refractivity contribution in [3.8, 4) is 0 Å². The minimum atomic E-state index is -0.733. The molecule has 20 heavy (non-hydrogen) atoms. The number of furan rings is 1. The maximum absolute atomic E-state index is 10.6. The average molecular weight is 265 g/mol. The molecular formula is C17H15NO2. The molecule has 2 N–H and O–H groups in total. The standard InChI is InChI=1S/C17H15NO2/c19-17(13-6-3-5-11-8-9-18-16(11)13)15-10-12-4-1-2-7-14(12)20-15/h1-7,10,17-19H,8-9H2. The van der Waals surface area contributed by atoms with Crippen LogP contribution in [0.25, 0.3) is 11.0 Å². The van der Waals surface area contributed by atoms with Crippen LogP contribution in [0.5, 0.6) is 0 Å². The van der Waals surface area contributed by atoms with Gasteiger partial charge in [-0.1, -0.05) is 36.4 Å². The van der Waals surface area contributed by atoms with Crippen molar-refractivity contribution in [2.75, 3.05) is 11.9 Å². The summed E-state index contributed by atoms with van der Waals surface area (Å²) in [4.78, 5) is 0. The van der Waals surface area contributed by atoms with Crippen molar-refractivity contribution in [1.82, 2.24) is 0 Å². The summed E-state index contributed by atoms with van der Waals surface area (Å²) in [5.41, 5.74) is 4.01. The molecule has 1 atom stereocenters. The first-order valence-corrected chi connectivity index (χ1v) is 6.85. The molecule has 0 saturated carbocycles. The van der Waals surface area contributed by atoms with Crippen molar-refractivity contribution in [2.45, 2.75) is 12.5 Å². The van der Waals surface area contributed by atoms with Crippen molar-refractivity contribution in [3.05, 3.63) is 65.4 Å². The highest BCUT2D eigenvalue weighted by atomic mass is 16.4. The number of aliphatic hydroxyl groups is 1. The third-order valence-electron chi connectivity index (χ3n) is 3.89. The van der Waals surface area contributed by atoms with Crippen LogP contribution in [-0.4, -0.2) is 11.7 Å². The van der Waals surface area contributed by atoms with Crippen LogP contribution >= 0.6 is 0 Å². The Labute approximate surface area is 116 Å². The van der Waals surface area contributed by atoms with Crippen LogP contribution in [0, 0.1) is 0 Å². The molecule has 1 unspecified atom stereocenters. The SMILES string of the molecule is OC(c1cc2ccccc2o1)c1cccc2c1NCC2. The molecule has 0 aliphatic carbocycles. The Hall–Kier alpha value is -2.26. The zero-order chi connectivity index (χ0) is 13.5. The topological polar surface area (TPSA) is 45.4 Å². The van der Waals surface area contributed by atoms with Gasteiger partial charge in [0.05, 0.1) is 0 Å². The van der Waals surface area contributed by atoms with E-state index in [9.17, 15) is 5.11 Å². The van der Waals surface area contributed by atoms with Gasteiger partial charge >= 0.3 is 0 Å². The molecule has 1 aliphatic rings. The lowest BCUT2D eigenvalue weighted by Gasteiger charge is -2.13. The zero-order valence-electron chi connectivity index (χ0n) is 11.0. The molecule has 0 radical (unpaired) electrons. The van der Waals surface area contributed by atoms with E-state index >= 15 is 0 Å². The highest BCUT2D eigenvalue weighted by Gasteiger charge is 2.22. The molecular weight excluding hydrogens is 250 g/mol. The molecule has 100 valence electrons. The molecule has 2 heterocycles. The minimum Gasteiger partial charge on any atom is -0.458 e. The van der Waals surface area contributed by atoms with Gasteiger partial charge in [-0.05, 0) is 24.1 Å². The summed E-state index contributed by atoms with van der Waals surface area (Å²) in [6, 6.07) is 15.8. The fourth-order valence-electron chi connectivity index (χ4n) is 2.88. The van der Waals surface area contributed by atoms with Crippen LogP contribution in [0.1, 0.15) is 23.0 Å². The van der Waals surface area contributed by atoms with Gasteiger partial charge in [0.25, 0.3) is 0 Å². The number of anilines is 1. The van der Waals surface area contributed by atoms with E-state index in [1.165, 1.54) is 5.56 Å². The van der Waals surface area contributed by atoms with Crippen LogP contribution in [0.2, 0.25) is 0 Å². The lowest BCUT2D eigenvalue weighted by molar-refractivity contribution is 0.193. The molecule has 1 aliphatic heterocycles. The second-order valence-corrected chi connectivity index (χ2v) is 5.15. The van der Waals surface area contributed by atoms with Crippen LogP contribution in [0.15, 0.2) is 52.9 Å². The smallest absolute Gasteiger partial charge is 0.139 e. The van der Waals surface area contributed by atoms with Crippen molar-refractivity contribution >= 4 is 16.7 Å². The van der Waals surface area contributed by atoms with Gasteiger partial charge in [-0.2, -0.15) is 0 Å². The van der Waals surface area contributed by atoms with E-state index in [-0.39, 0.29) is 0 Å². The number of nitrogens with one attached hydrogen (secondary N) is 1. The monoisotopic (exact) mass is 265 g/mol. The Morgan fingerprint density at radius 3 is 2.90 bits per heavy atom. The normalized spacial score (nSPS) is 15.1. The van der Waals surface area contributed by atoms with Crippen LogP contribution in [0.4, 0.5) is 5.69 Å². The highest BCUT2D eigenvalue weighted by Crippen LogP contribution is 2.35. The molecule has 3 nitrogen and oxygen atoms in total. The second-order valence-electron chi connectivity index (χ2n) is 5.15. The number of aliphatic hydroxyl groups excluding tert-OH is 1. The van der Waals surface area contributed by atoms with Gasteiger partial charge in [0.2, 0.25) is 0 Å². The highest BCUT2D eigenvalue weighted by molar-refractivity contribution is 5.78. The van der Waals surface area contributed by atoms with Gasteiger partial charge in [0.15, 0.2) is 0 Å². The Kier molecular flexibility index (Phi) is 2.54. The van der Waals surface area contributed by atoms with Crippen LogP contribution < -0.4 is 5.32 Å². The number of fused-ring (bicyclic) bond motifs is 2. The van der Waals surface area contributed by atoms with E-state index in [0.717, 1.165) is 35.2 Å². The molecule has 3 heteroatoms. The van der Waals surface area contributed by atoms with Gasteiger partial charge in [0, 0.05) is 23.2 Å². The second kappa shape index (κ2) is 4.39. The summed E-state index contributed by atoms with van der Waals surface area (Å²) in [6.07, 6.45) is 0.277. The van der Waals surface area contributed by atoms with Crippen LogP contribution in [-0.2, 0) is 6.42 Å². The Morgan fingerprint density at radius 2 is 2.00 bits per heavy atom. The number of hydrogen-bond donors (Lipinski definition) is 2. The van der Waals surface area contributed by atoms with E-state index < -0.39 is 6.10 Å². The number of benzene rings is 2. The summed E-state index contributed by atoms with van der Waals surface area (Å²) < 4.78 is 5.77. The lowest BCUT2D eigenvalue weighted by atomic mass is 10.0. The summed E-state index contributed by atoms with van der Waals surface area (Å²) in [5, 5.41) is 15.0. The first-order chi connectivity index (χ1) is 9.83. The fraction of sp³-hybridized carbons (Fsp3) is 0.176. The lowest BCUT2D eigenvalue weighted by Crippen LogP contribution is -2.02. The first-order valence-electron chi connectivity index (χ1n) is 6.85. The van der Waals surface area contributed by atoms with E-state index in [4.69, 9.17) is 4.42 Å². The van der Waals surface area contributed by atoms with Gasteiger partial charge in [0.1, 0.15) is 17.4 Å². The number of rotatable bonds is 2. The zero-order valence-corrected chi connectivity index (χ0v) is 11.0. The Morgan fingerprint density at radius 1 is 1.10 bits per heavy atom. The molecule has 0 amide bonds. The van der Waals surface area contributed by atoms with Crippen LogP contribution in [0.3, 0.4) is 0 Å². The van der Waals surface area contributed by atoms with Crippen molar-refractivity contribution in [3.63, 3.8) is 0 Å². The third-order valence-corrected chi connectivity index (χ3v) is 3.89. The number of para-hydroxylation sites is 2. The predicted molar refractivity (Wildman–Crippen MR) is 78.9 cm³/mol. The Bertz CT molecular complexity index is 743. The maximum Gasteiger partial charge on any atom is 0.139 e. The largest absolute Gasteiger partial charge is 0.458 e. The van der Waals surface area contributed by atoms with Crippen molar-refractivity contribution in [1.29, 1.82) is 0 Å². The van der Waals surface area contributed by atoms with Crippen molar-refractivity contribution < 1.29 is 9.52 Å². The third kappa shape index (κ3) is 1.71. The van der Waals surface area contributed by atoms with Gasteiger partial charge < -0.3 is 14.8 Å². The fourth-order valence-corrected chi connectivity index (χ4v) is 2.88. The summed E-state index contributed by atoms with van der Waals surface area (Å²) in [6.45, 7) is 0.930. The summed E-state index contributed by atoms with van der Waals surface area (Å²) in [5.74, 6) is 0.591. The van der Waals surface area contributed by atoms with E-state index in [0.29, 0.717) is 5.76 Å². The van der Waals surface area contributed by atoms with Gasteiger partial charge in [-0.25, -0.2) is 0 Å². The molecule has 0 saturated heterocycles. The quantitative estimate of drug-likeness (QED) is 0.745. The molecule has 3 aromatic rings.